The smallest absolute Gasteiger partial charge is 0.344 e. The Labute approximate surface area is 75.9 Å². The van der Waals surface area contributed by atoms with Crippen molar-refractivity contribution in [2.45, 2.75) is 13.8 Å². The Kier molecular flexibility index (Phi) is 5.34. The molecule has 0 rings (SSSR count). The second-order valence-electron chi connectivity index (χ2n) is 1.97. The second kappa shape index (κ2) is 6.05. The Morgan fingerprint density at radius 1 is 1.15 bits per heavy atom. The van der Waals surface area contributed by atoms with Gasteiger partial charge in [0.2, 0.25) is 0 Å². The molecule has 74 valence electrons. The Morgan fingerprint density at radius 2 is 1.54 bits per heavy atom. The summed E-state index contributed by atoms with van der Waals surface area (Å²) in [5.74, 6) is -1.90. The Hall–Kier alpha value is -1.52. The molecule has 0 radical (unpaired) electrons. The summed E-state index contributed by atoms with van der Waals surface area (Å²) < 4.78 is 8.91. The number of carbonyl (C=O) groups excluding carboxylic acids is 2. The Balaban J connectivity index is 4.35. The van der Waals surface area contributed by atoms with Gasteiger partial charge in [-0.2, -0.15) is 0 Å². The van der Waals surface area contributed by atoms with Crippen LogP contribution in [0.3, 0.4) is 0 Å². The average molecular weight is 187 g/mol. The molecular weight excluding hydrogens is 176 g/mol. The molecule has 0 bridgehead atoms. The van der Waals surface area contributed by atoms with Gasteiger partial charge >= 0.3 is 11.9 Å². The van der Waals surface area contributed by atoms with Crippen LogP contribution in [0.2, 0.25) is 0 Å². The van der Waals surface area contributed by atoms with Crippen molar-refractivity contribution in [1.29, 1.82) is 0 Å². The van der Waals surface area contributed by atoms with Gasteiger partial charge in [-0.25, -0.2) is 9.59 Å². The fourth-order valence-corrected chi connectivity index (χ4v) is 0.597. The lowest BCUT2D eigenvalue weighted by Crippen LogP contribution is -2.20. The van der Waals surface area contributed by atoms with Gasteiger partial charge in [-0.15, -0.1) is 6.26 Å². The lowest BCUT2D eigenvalue weighted by molar-refractivity contribution is -0.276. The SMILES string of the molecule is CCOC(=O)C(=C[O-])C(=O)OCC. The van der Waals surface area contributed by atoms with E-state index in [1.807, 2.05) is 0 Å². The van der Waals surface area contributed by atoms with Gasteiger partial charge < -0.3 is 14.6 Å². The summed E-state index contributed by atoms with van der Waals surface area (Å²) in [4.78, 5) is 21.8. The number of carbonyl (C=O) groups is 2. The highest BCUT2D eigenvalue weighted by atomic mass is 16.6. The van der Waals surface area contributed by atoms with Gasteiger partial charge in [0, 0.05) is 0 Å². The topological polar surface area (TPSA) is 75.7 Å². The van der Waals surface area contributed by atoms with Crippen molar-refractivity contribution in [1.82, 2.24) is 0 Å². The third kappa shape index (κ3) is 3.59. The summed E-state index contributed by atoms with van der Waals surface area (Å²) in [6, 6.07) is 0. The summed E-state index contributed by atoms with van der Waals surface area (Å²) in [6.45, 7) is 3.36. The number of esters is 2. The molecule has 0 heterocycles. The average Bonchev–Trinajstić information content (AvgIpc) is 2.06. The highest BCUT2D eigenvalue weighted by molar-refractivity contribution is 6.13. The first-order chi connectivity index (χ1) is 6.17. The maximum atomic E-state index is 10.9. The highest BCUT2D eigenvalue weighted by Crippen LogP contribution is 1.99. The lowest BCUT2D eigenvalue weighted by atomic mass is 10.3. The lowest BCUT2D eigenvalue weighted by Gasteiger charge is -2.07. The summed E-state index contributed by atoms with van der Waals surface area (Å²) >= 11 is 0. The van der Waals surface area contributed by atoms with Crippen molar-refractivity contribution in [3.05, 3.63) is 11.8 Å². The minimum Gasteiger partial charge on any atom is -0.877 e. The Bertz CT molecular complexity index is 199. The van der Waals surface area contributed by atoms with Crippen molar-refractivity contribution in [2.75, 3.05) is 13.2 Å². The van der Waals surface area contributed by atoms with E-state index in [0.717, 1.165) is 0 Å². The van der Waals surface area contributed by atoms with E-state index in [2.05, 4.69) is 9.47 Å². The molecule has 0 saturated heterocycles. The first-order valence-electron chi connectivity index (χ1n) is 3.83. The van der Waals surface area contributed by atoms with E-state index in [9.17, 15) is 14.7 Å². The largest absolute Gasteiger partial charge is 0.877 e. The number of rotatable bonds is 4. The number of hydrogen-bond donors (Lipinski definition) is 0. The van der Waals surface area contributed by atoms with Gasteiger partial charge in [0.1, 0.15) is 5.57 Å². The van der Waals surface area contributed by atoms with Gasteiger partial charge in [-0.1, -0.05) is 0 Å². The standard InChI is InChI=1S/C8H12O5/c1-3-12-7(10)6(5-9)8(11)13-4-2/h5,9H,3-4H2,1-2H3/p-1. The summed E-state index contributed by atoms with van der Waals surface area (Å²) in [6.07, 6.45) is 0.135. The van der Waals surface area contributed by atoms with Crippen LogP contribution < -0.4 is 5.11 Å². The predicted molar refractivity (Wildman–Crippen MR) is 41.3 cm³/mol. The quantitative estimate of drug-likeness (QED) is 0.192. The maximum Gasteiger partial charge on any atom is 0.344 e. The molecule has 0 saturated carbocycles. The molecule has 0 N–H and O–H groups in total. The molecule has 0 aliphatic rings. The van der Waals surface area contributed by atoms with E-state index in [-0.39, 0.29) is 19.5 Å². The molecule has 0 aromatic rings. The van der Waals surface area contributed by atoms with Crippen LogP contribution >= 0.6 is 0 Å². The maximum absolute atomic E-state index is 10.9. The summed E-state index contributed by atoms with van der Waals surface area (Å²) in [5.41, 5.74) is -0.608. The van der Waals surface area contributed by atoms with Crippen molar-refractivity contribution in [2.24, 2.45) is 0 Å². The van der Waals surface area contributed by atoms with Gasteiger partial charge in [0.05, 0.1) is 13.2 Å². The van der Waals surface area contributed by atoms with Crippen LogP contribution in [0.25, 0.3) is 0 Å². The first kappa shape index (κ1) is 11.5. The van der Waals surface area contributed by atoms with E-state index in [1.54, 1.807) is 13.8 Å². The van der Waals surface area contributed by atoms with Crippen LogP contribution in [-0.4, -0.2) is 25.2 Å². The van der Waals surface area contributed by atoms with Gasteiger partial charge in [-0.3, -0.25) is 0 Å². The summed E-state index contributed by atoms with van der Waals surface area (Å²) in [7, 11) is 0. The van der Waals surface area contributed by atoms with E-state index >= 15 is 0 Å². The van der Waals surface area contributed by atoms with Gasteiger partial charge in [0.25, 0.3) is 0 Å². The molecule has 0 aliphatic carbocycles. The zero-order chi connectivity index (χ0) is 10.3. The first-order valence-corrected chi connectivity index (χ1v) is 3.83. The van der Waals surface area contributed by atoms with E-state index in [4.69, 9.17) is 0 Å². The molecule has 0 aromatic carbocycles. The number of ether oxygens (including phenoxy) is 2. The van der Waals surface area contributed by atoms with Crippen LogP contribution in [0.5, 0.6) is 0 Å². The molecule has 0 unspecified atom stereocenters. The van der Waals surface area contributed by atoms with E-state index in [1.165, 1.54) is 0 Å². The third-order valence-electron chi connectivity index (χ3n) is 1.11. The minimum atomic E-state index is -0.948. The zero-order valence-electron chi connectivity index (χ0n) is 7.53. The fourth-order valence-electron chi connectivity index (χ4n) is 0.597. The van der Waals surface area contributed by atoms with Crippen LogP contribution in [0.15, 0.2) is 11.8 Å². The molecule has 0 fully saturated rings. The van der Waals surface area contributed by atoms with E-state index < -0.39 is 17.5 Å². The molecule has 0 atom stereocenters. The normalized spacial score (nSPS) is 8.77. The van der Waals surface area contributed by atoms with Crippen molar-refractivity contribution in [3.63, 3.8) is 0 Å². The highest BCUT2D eigenvalue weighted by Gasteiger charge is 2.17. The van der Waals surface area contributed by atoms with Crippen LogP contribution in [0.4, 0.5) is 0 Å². The molecule has 5 heteroatoms. The molecule has 0 aliphatic heterocycles. The molecule has 5 nitrogen and oxygen atoms in total. The Morgan fingerprint density at radius 3 is 1.77 bits per heavy atom. The monoisotopic (exact) mass is 187 g/mol. The van der Waals surface area contributed by atoms with Crippen molar-refractivity contribution in [3.8, 4) is 0 Å². The minimum absolute atomic E-state index is 0.107. The van der Waals surface area contributed by atoms with Crippen LogP contribution in [0.1, 0.15) is 13.8 Å². The molecule has 13 heavy (non-hydrogen) atoms. The molecule has 0 amide bonds. The fraction of sp³-hybridized carbons (Fsp3) is 0.500. The predicted octanol–water partition coefficient (Wildman–Crippen LogP) is -0.643. The van der Waals surface area contributed by atoms with Crippen molar-refractivity contribution < 1.29 is 24.2 Å². The van der Waals surface area contributed by atoms with Crippen LogP contribution in [0, 0.1) is 0 Å². The van der Waals surface area contributed by atoms with E-state index in [0.29, 0.717) is 0 Å². The molecular formula is C8H11O5-. The van der Waals surface area contributed by atoms with Crippen LogP contribution in [-0.2, 0) is 19.1 Å². The van der Waals surface area contributed by atoms with Gasteiger partial charge in [-0.05, 0) is 13.8 Å². The molecule has 0 spiro atoms. The van der Waals surface area contributed by atoms with Gasteiger partial charge in [0.15, 0.2) is 0 Å². The third-order valence-corrected chi connectivity index (χ3v) is 1.11. The number of hydrogen-bond acceptors (Lipinski definition) is 5. The van der Waals surface area contributed by atoms with Crippen molar-refractivity contribution >= 4 is 11.9 Å². The second-order valence-corrected chi connectivity index (χ2v) is 1.97. The summed E-state index contributed by atoms with van der Waals surface area (Å²) in [5, 5.41) is 10.3. The molecule has 0 aromatic heterocycles. The zero-order valence-corrected chi connectivity index (χ0v) is 7.53.